The fraction of sp³-hybridized carbons (Fsp3) is 0.250. The number of ether oxygens (including phenoxy) is 2. The molecule has 0 spiro atoms. The molecule has 0 saturated carbocycles. The Morgan fingerprint density at radius 1 is 0.918 bits per heavy atom. The van der Waals surface area contributed by atoms with Crippen molar-refractivity contribution in [1.29, 1.82) is 0 Å². The number of amides is 1. The molecule has 9 heteroatoms. The molecule has 5 aromatic rings. The molecule has 0 bridgehead atoms. The first kappa shape index (κ1) is 32.4. The van der Waals surface area contributed by atoms with E-state index < -0.39 is 34.1 Å². The van der Waals surface area contributed by atoms with Crippen molar-refractivity contribution in [3.63, 3.8) is 0 Å². The Morgan fingerprint density at radius 3 is 2.27 bits per heavy atom. The van der Waals surface area contributed by atoms with Crippen molar-refractivity contribution in [1.82, 2.24) is 8.87 Å². The summed E-state index contributed by atoms with van der Waals surface area (Å²) in [6, 6.07) is 28.6. The number of aromatic nitrogens is 1. The van der Waals surface area contributed by atoms with Gasteiger partial charge in [-0.25, -0.2) is 12.4 Å². The van der Waals surface area contributed by atoms with Gasteiger partial charge in [0.2, 0.25) is 6.10 Å². The van der Waals surface area contributed by atoms with Crippen LogP contribution >= 0.6 is 0 Å². The van der Waals surface area contributed by atoms with Gasteiger partial charge in [-0.2, -0.15) is 0 Å². The van der Waals surface area contributed by atoms with Crippen LogP contribution in [0.5, 0.6) is 5.75 Å². The van der Waals surface area contributed by atoms with Gasteiger partial charge >= 0.3 is 5.97 Å². The van der Waals surface area contributed by atoms with Crippen molar-refractivity contribution in [2.24, 2.45) is 0 Å². The molecule has 2 aliphatic rings. The normalized spacial score (nSPS) is 18.0. The molecule has 1 fully saturated rings. The van der Waals surface area contributed by atoms with Crippen LogP contribution in [0.25, 0.3) is 10.9 Å². The molecule has 0 radical (unpaired) electrons. The number of esters is 1. The third kappa shape index (κ3) is 6.04. The number of nitrogens with zero attached hydrogens (tertiary/aromatic N) is 2. The van der Waals surface area contributed by atoms with Crippen LogP contribution in [0.1, 0.15) is 65.2 Å². The summed E-state index contributed by atoms with van der Waals surface area (Å²) in [5.74, 6) is -1.42. The molecule has 1 saturated heterocycles. The number of aryl methyl sites for hydroxylation is 1. The largest absolute Gasteiger partial charge is 0.484 e. The van der Waals surface area contributed by atoms with Crippen LogP contribution < -0.4 is 4.74 Å². The Bertz CT molecular complexity index is 2120. The van der Waals surface area contributed by atoms with Gasteiger partial charge in [0.05, 0.1) is 10.4 Å². The highest BCUT2D eigenvalue weighted by Gasteiger charge is 2.46. The molecule has 2 aliphatic heterocycles. The minimum Gasteiger partial charge on any atom is -0.484 e. The lowest BCUT2D eigenvalue weighted by molar-refractivity contribution is -0.163. The smallest absolute Gasteiger partial charge is 0.318 e. The van der Waals surface area contributed by atoms with E-state index in [1.165, 1.54) is 3.97 Å². The van der Waals surface area contributed by atoms with Crippen LogP contribution in [0, 0.1) is 6.92 Å². The number of fused-ring (bicyclic) bond motifs is 3. The number of carbonyl (C=O) groups is 2. The Balaban J connectivity index is 1.38. The molecule has 7 rings (SSSR count). The third-order valence-electron chi connectivity index (χ3n) is 9.44. The first-order chi connectivity index (χ1) is 23.8. The molecule has 3 atom stereocenters. The van der Waals surface area contributed by atoms with E-state index in [-0.39, 0.29) is 10.8 Å². The lowest BCUT2D eigenvalue weighted by Gasteiger charge is -2.31. The highest BCUT2D eigenvalue weighted by atomic mass is 32.2. The number of allylic oxidation sites excluding steroid dienone is 1. The second-order valence-corrected chi connectivity index (χ2v) is 14.5. The number of carbonyl (C=O) groups excluding carboxylic acids is 2. The van der Waals surface area contributed by atoms with Gasteiger partial charge in [0.15, 0.2) is 0 Å². The van der Waals surface area contributed by atoms with E-state index in [0.29, 0.717) is 52.9 Å². The first-order valence-electron chi connectivity index (χ1n) is 16.6. The van der Waals surface area contributed by atoms with Crippen molar-refractivity contribution in [3.05, 3.63) is 144 Å². The van der Waals surface area contributed by atoms with Gasteiger partial charge in [-0.05, 0) is 68.0 Å². The fourth-order valence-corrected chi connectivity index (χ4v) is 8.37. The molecule has 4 aromatic carbocycles. The van der Waals surface area contributed by atoms with Gasteiger partial charge in [-0.1, -0.05) is 84.4 Å². The molecule has 0 N–H and O–H groups in total. The zero-order valence-electron chi connectivity index (χ0n) is 27.3. The first-order valence-corrected chi connectivity index (χ1v) is 18.1. The van der Waals surface area contributed by atoms with E-state index in [9.17, 15) is 18.0 Å². The molecule has 3 heterocycles. The Hall–Kier alpha value is -5.15. The maximum Gasteiger partial charge on any atom is 0.318 e. The summed E-state index contributed by atoms with van der Waals surface area (Å²) < 4.78 is 42.3. The van der Waals surface area contributed by atoms with E-state index in [1.807, 2.05) is 55.5 Å². The zero-order valence-corrected chi connectivity index (χ0v) is 28.1. The van der Waals surface area contributed by atoms with E-state index in [0.717, 1.165) is 30.4 Å². The Morgan fingerprint density at radius 2 is 1.59 bits per heavy atom. The van der Waals surface area contributed by atoms with E-state index in [2.05, 4.69) is 6.58 Å². The van der Waals surface area contributed by atoms with E-state index >= 15 is 0 Å². The number of rotatable bonds is 9. The van der Waals surface area contributed by atoms with Gasteiger partial charge in [0.25, 0.3) is 15.9 Å². The summed E-state index contributed by atoms with van der Waals surface area (Å²) >= 11 is 0. The monoisotopic (exact) mass is 674 g/mol. The van der Waals surface area contributed by atoms with E-state index in [4.69, 9.17) is 9.47 Å². The topological polar surface area (TPSA) is 94.9 Å². The fourth-order valence-electron chi connectivity index (χ4n) is 6.99. The van der Waals surface area contributed by atoms with Crippen molar-refractivity contribution in [2.45, 2.75) is 55.6 Å². The van der Waals surface area contributed by atoms with Crippen LogP contribution in [-0.4, -0.2) is 42.3 Å². The summed E-state index contributed by atoms with van der Waals surface area (Å²) in [5.41, 5.74) is 3.90. The molecule has 0 unspecified atom stereocenters. The van der Waals surface area contributed by atoms with Gasteiger partial charge < -0.3 is 14.4 Å². The predicted molar refractivity (Wildman–Crippen MR) is 188 cm³/mol. The zero-order chi connectivity index (χ0) is 34.1. The molecule has 0 aliphatic carbocycles. The second-order valence-electron chi connectivity index (χ2n) is 12.7. The third-order valence-corrected chi connectivity index (χ3v) is 11.1. The van der Waals surface area contributed by atoms with E-state index in [1.54, 1.807) is 65.7 Å². The van der Waals surface area contributed by atoms with Crippen LogP contribution in [0.4, 0.5) is 0 Å². The standard InChI is InChI=1S/C40H38N2O6S/c1-3-13-30-26-42(49(45,46)31-20-18-27(2)19-21-31)32-22-23-33-35(34(30)32)36(37(47-33)28-14-7-4-8-15-28)40(44)48-38(29-16-9-5-10-17-29)39(43)41-24-11-6-12-25-41/h3-5,7-10,14-23,26,36-38H,1,6,11-13,24-25H2,2H3/t36-,37+,38-/m1/s1. The van der Waals surface area contributed by atoms with Crippen LogP contribution in [-0.2, 0) is 30.8 Å². The maximum atomic E-state index is 14.7. The summed E-state index contributed by atoms with van der Waals surface area (Å²) in [6.45, 7) is 7.04. The van der Waals surface area contributed by atoms with Crippen molar-refractivity contribution in [2.75, 3.05) is 13.1 Å². The lowest BCUT2D eigenvalue weighted by Crippen LogP contribution is -2.40. The predicted octanol–water partition coefficient (Wildman–Crippen LogP) is 7.43. The molecule has 1 amide bonds. The highest BCUT2D eigenvalue weighted by Crippen LogP contribution is 2.51. The minimum atomic E-state index is -4.00. The van der Waals surface area contributed by atoms with Gasteiger partial charge in [0, 0.05) is 35.8 Å². The lowest BCUT2D eigenvalue weighted by atomic mass is 9.87. The number of hydrogen-bond donors (Lipinski definition) is 0. The number of benzene rings is 4. The summed E-state index contributed by atoms with van der Waals surface area (Å²) in [5, 5.41) is 0.590. The van der Waals surface area contributed by atoms with Gasteiger partial charge in [-0.15, -0.1) is 6.58 Å². The SMILES string of the molecule is C=CCc1cn(S(=O)(=O)c2ccc(C)cc2)c2ccc3c(c12)[C@@H](C(=O)O[C@@H](C(=O)N1CCCCC1)c1ccccc1)[C@H](c1ccccc1)O3. The minimum absolute atomic E-state index is 0.150. The molecular formula is C40H38N2O6S. The van der Waals surface area contributed by atoms with Crippen molar-refractivity contribution >= 4 is 32.8 Å². The highest BCUT2D eigenvalue weighted by molar-refractivity contribution is 7.90. The molecule has 250 valence electrons. The average Bonchev–Trinajstić information content (AvgIpc) is 3.71. The van der Waals surface area contributed by atoms with Gasteiger partial charge in [-0.3, -0.25) is 9.59 Å². The number of likely N-dealkylation sites (tertiary alicyclic amines) is 1. The number of hydrogen-bond acceptors (Lipinski definition) is 6. The van der Waals surface area contributed by atoms with Gasteiger partial charge in [0.1, 0.15) is 17.8 Å². The summed E-state index contributed by atoms with van der Waals surface area (Å²) in [6.07, 6.45) is 4.58. The molecular weight excluding hydrogens is 637 g/mol. The van der Waals surface area contributed by atoms with Crippen LogP contribution in [0.3, 0.4) is 0 Å². The second kappa shape index (κ2) is 13.4. The van der Waals surface area contributed by atoms with Crippen LogP contribution in [0.2, 0.25) is 0 Å². The molecule has 1 aromatic heterocycles. The summed E-state index contributed by atoms with van der Waals surface area (Å²) in [4.78, 5) is 30.6. The van der Waals surface area contributed by atoms with Crippen molar-refractivity contribution < 1.29 is 27.5 Å². The number of piperidine rings is 1. The Labute approximate surface area is 286 Å². The molecule has 49 heavy (non-hydrogen) atoms. The summed E-state index contributed by atoms with van der Waals surface area (Å²) in [7, 11) is -4.00. The average molecular weight is 675 g/mol. The Kier molecular flexibility index (Phi) is 8.86. The maximum absolute atomic E-state index is 14.7. The molecule has 8 nitrogen and oxygen atoms in total. The van der Waals surface area contributed by atoms with Crippen LogP contribution in [0.15, 0.2) is 121 Å². The van der Waals surface area contributed by atoms with Crippen molar-refractivity contribution in [3.8, 4) is 5.75 Å². The quantitative estimate of drug-likeness (QED) is 0.119.